The fourth-order valence-electron chi connectivity index (χ4n) is 1.64. The van der Waals surface area contributed by atoms with Crippen molar-refractivity contribution < 1.29 is 0 Å². The number of rotatable bonds is 2. The number of hydrogen-bond acceptors (Lipinski definition) is 2. The van der Waals surface area contributed by atoms with Gasteiger partial charge in [0.2, 0.25) is 0 Å². The Hall–Kier alpha value is -0.940. The summed E-state index contributed by atoms with van der Waals surface area (Å²) in [6.45, 7) is 4.13. The van der Waals surface area contributed by atoms with Crippen LogP contribution < -0.4 is 0 Å². The highest BCUT2D eigenvalue weighted by molar-refractivity contribution is 9.10. The summed E-state index contributed by atoms with van der Waals surface area (Å²) in [7, 11) is 0. The van der Waals surface area contributed by atoms with Crippen LogP contribution in [-0.2, 0) is 6.42 Å². The molecule has 84 valence electrons. The van der Waals surface area contributed by atoms with Crippen molar-refractivity contribution in [2.75, 3.05) is 0 Å². The van der Waals surface area contributed by atoms with Crippen LogP contribution in [0.4, 0.5) is 0 Å². The van der Waals surface area contributed by atoms with Gasteiger partial charge in [0.05, 0.1) is 5.69 Å². The van der Waals surface area contributed by atoms with Crippen LogP contribution in [0.5, 0.6) is 0 Å². The summed E-state index contributed by atoms with van der Waals surface area (Å²) in [4.78, 5) is 0. The van der Waals surface area contributed by atoms with Crippen LogP contribution in [-0.4, -0.2) is 14.8 Å². The van der Waals surface area contributed by atoms with Gasteiger partial charge >= 0.3 is 0 Å². The fraction of sp³-hybridized carbons (Fsp3) is 0.273. The van der Waals surface area contributed by atoms with Gasteiger partial charge in [0, 0.05) is 10.9 Å². The lowest BCUT2D eigenvalue weighted by Gasteiger charge is -2.09. The number of nitrogens with one attached hydrogen (secondary N) is 1. The van der Waals surface area contributed by atoms with Crippen molar-refractivity contribution in [2.45, 2.75) is 20.3 Å². The second kappa shape index (κ2) is 4.51. The molecule has 1 aromatic heterocycles. The van der Waals surface area contributed by atoms with E-state index in [-0.39, 0.29) is 0 Å². The molecule has 2 aromatic rings. The Kier molecular flexibility index (Phi) is 3.25. The van der Waals surface area contributed by atoms with E-state index in [2.05, 4.69) is 52.1 Å². The van der Waals surface area contributed by atoms with Crippen LogP contribution in [0.15, 0.2) is 22.7 Å². The molecule has 5 heteroatoms. The van der Waals surface area contributed by atoms with Crippen LogP contribution >= 0.6 is 28.1 Å². The van der Waals surface area contributed by atoms with Crippen molar-refractivity contribution in [3.63, 3.8) is 0 Å². The molecule has 2 rings (SSSR count). The molecule has 0 bridgehead atoms. The molecule has 0 saturated heterocycles. The Morgan fingerprint density at radius 1 is 1.50 bits per heavy atom. The third-order valence-electron chi connectivity index (χ3n) is 2.47. The maximum Gasteiger partial charge on any atom is 0.199 e. The number of benzene rings is 1. The first-order valence-corrected chi connectivity index (χ1v) is 6.26. The van der Waals surface area contributed by atoms with E-state index in [1.165, 1.54) is 5.56 Å². The molecule has 3 nitrogen and oxygen atoms in total. The number of halogens is 1. The molecule has 0 spiro atoms. The van der Waals surface area contributed by atoms with Crippen LogP contribution in [0.25, 0.3) is 5.69 Å². The van der Waals surface area contributed by atoms with Gasteiger partial charge < -0.3 is 0 Å². The average molecular weight is 298 g/mol. The third kappa shape index (κ3) is 1.97. The van der Waals surface area contributed by atoms with Gasteiger partial charge in [-0.25, -0.2) is 0 Å². The Balaban J connectivity index is 2.71. The highest BCUT2D eigenvalue weighted by Gasteiger charge is 2.09. The molecule has 0 aliphatic rings. The SMILES string of the molecule is CCc1n[nH]c(=S)n1-c1cc(Br)ccc1C. The largest absolute Gasteiger partial charge is 0.272 e. The Labute approximate surface area is 108 Å². The second-order valence-corrected chi connectivity index (χ2v) is 4.87. The summed E-state index contributed by atoms with van der Waals surface area (Å²) in [5, 5.41) is 7.05. The number of aryl methyl sites for hydroxylation is 2. The summed E-state index contributed by atoms with van der Waals surface area (Å²) in [5.41, 5.74) is 2.25. The summed E-state index contributed by atoms with van der Waals surface area (Å²) in [6.07, 6.45) is 0.846. The Bertz CT molecular complexity index is 571. The molecule has 16 heavy (non-hydrogen) atoms. The number of nitrogens with zero attached hydrogens (tertiary/aromatic N) is 2. The van der Waals surface area contributed by atoms with Crippen molar-refractivity contribution in [2.24, 2.45) is 0 Å². The summed E-state index contributed by atoms with van der Waals surface area (Å²) in [5.74, 6) is 0.950. The summed E-state index contributed by atoms with van der Waals surface area (Å²) in [6, 6.07) is 6.14. The summed E-state index contributed by atoms with van der Waals surface area (Å²) < 4.78 is 3.66. The minimum Gasteiger partial charge on any atom is -0.272 e. The molecule has 0 aliphatic carbocycles. The fourth-order valence-corrected chi connectivity index (χ4v) is 2.24. The molecule has 0 amide bonds. The number of hydrogen-bond donors (Lipinski definition) is 1. The van der Waals surface area contributed by atoms with Crippen molar-refractivity contribution in [1.82, 2.24) is 14.8 Å². The van der Waals surface area contributed by atoms with Gasteiger partial charge in [-0.15, -0.1) is 0 Å². The zero-order valence-corrected chi connectivity index (χ0v) is 11.5. The van der Waals surface area contributed by atoms with Crippen LogP contribution in [0.2, 0.25) is 0 Å². The molecule has 1 aromatic carbocycles. The molecule has 1 heterocycles. The lowest BCUT2D eigenvalue weighted by molar-refractivity contribution is 0.875. The molecular weight excluding hydrogens is 286 g/mol. The van der Waals surface area contributed by atoms with Crippen molar-refractivity contribution in [1.29, 1.82) is 0 Å². The van der Waals surface area contributed by atoms with Crippen LogP contribution in [0.3, 0.4) is 0 Å². The van der Waals surface area contributed by atoms with Crippen molar-refractivity contribution >= 4 is 28.1 Å². The van der Waals surface area contributed by atoms with E-state index >= 15 is 0 Å². The molecule has 0 saturated carbocycles. The number of aromatic amines is 1. The standard InChI is InChI=1S/C11H12BrN3S/c1-3-10-13-14-11(16)15(10)9-6-8(12)5-4-7(9)2/h4-6H,3H2,1-2H3,(H,14,16). The maximum absolute atomic E-state index is 5.25. The lowest BCUT2D eigenvalue weighted by Crippen LogP contribution is -2.02. The Morgan fingerprint density at radius 2 is 2.25 bits per heavy atom. The van der Waals surface area contributed by atoms with Crippen molar-refractivity contribution in [3.8, 4) is 5.69 Å². The van der Waals surface area contributed by atoms with Crippen LogP contribution in [0, 0.1) is 11.7 Å². The maximum atomic E-state index is 5.25. The molecule has 1 N–H and O–H groups in total. The van der Waals surface area contributed by atoms with Gasteiger partial charge in [-0.1, -0.05) is 28.9 Å². The van der Waals surface area contributed by atoms with E-state index in [4.69, 9.17) is 12.2 Å². The van der Waals surface area contributed by atoms with Gasteiger partial charge in [-0.2, -0.15) is 5.10 Å². The molecular formula is C11H12BrN3S. The van der Waals surface area contributed by atoms with E-state index in [9.17, 15) is 0 Å². The normalized spacial score (nSPS) is 10.7. The minimum absolute atomic E-state index is 0.637. The topological polar surface area (TPSA) is 33.6 Å². The predicted octanol–water partition coefficient (Wildman–Crippen LogP) is 3.56. The monoisotopic (exact) mass is 297 g/mol. The number of aromatic nitrogens is 3. The van der Waals surface area contributed by atoms with Gasteiger partial charge in [0.1, 0.15) is 5.82 Å². The molecule has 0 aliphatic heterocycles. The average Bonchev–Trinajstić information content (AvgIpc) is 2.63. The Morgan fingerprint density at radius 3 is 2.94 bits per heavy atom. The van der Waals surface area contributed by atoms with Crippen LogP contribution in [0.1, 0.15) is 18.3 Å². The first kappa shape index (κ1) is 11.5. The zero-order chi connectivity index (χ0) is 11.7. The van der Waals surface area contributed by atoms with Gasteiger partial charge in [-0.05, 0) is 36.8 Å². The zero-order valence-electron chi connectivity index (χ0n) is 9.12. The first-order valence-electron chi connectivity index (χ1n) is 5.06. The molecule has 0 unspecified atom stereocenters. The number of H-pyrrole nitrogens is 1. The van der Waals surface area contributed by atoms with E-state index in [0.29, 0.717) is 4.77 Å². The minimum atomic E-state index is 0.637. The van der Waals surface area contributed by atoms with Crippen molar-refractivity contribution in [3.05, 3.63) is 38.8 Å². The first-order chi connectivity index (χ1) is 7.63. The predicted molar refractivity (Wildman–Crippen MR) is 70.6 cm³/mol. The molecule has 0 radical (unpaired) electrons. The van der Waals surface area contributed by atoms with Gasteiger partial charge in [0.25, 0.3) is 0 Å². The van der Waals surface area contributed by atoms with E-state index in [1.54, 1.807) is 0 Å². The second-order valence-electron chi connectivity index (χ2n) is 3.56. The molecule has 0 fully saturated rings. The van der Waals surface area contributed by atoms with Gasteiger partial charge in [0.15, 0.2) is 4.77 Å². The highest BCUT2D eigenvalue weighted by atomic mass is 79.9. The van der Waals surface area contributed by atoms with Gasteiger partial charge in [-0.3, -0.25) is 9.67 Å². The lowest BCUT2D eigenvalue weighted by atomic mass is 10.2. The van der Waals surface area contributed by atoms with E-state index in [0.717, 1.165) is 22.4 Å². The third-order valence-corrected chi connectivity index (χ3v) is 3.24. The highest BCUT2D eigenvalue weighted by Crippen LogP contribution is 2.21. The van der Waals surface area contributed by atoms with E-state index < -0.39 is 0 Å². The summed E-state index contributed by atoms with van der Waals surface area (Å²) >= 11 is 8.73. The molecule has 0 atom stereocenters. The smallest absolute Gasteiger partial charge is 0.199 e. The quantitative estimate of drug-likeness (QED) is 0.860. The van der Waals surface area contributed by atoms with E-state index in [1.807, 2.05) is 10.6 Å².